The van der Waals surface area contributed by atoms with E-state index in [1.54, 1.807) is 0 Å². The minimum atomic E-state index is 0.596. The van der Waals surface area contributed by atoms with Gasteiger partial charge in [0.05, 0.1) is 6.54 Å². The molecule has 1 heterocycles. The van der Waals surface area contributed by atoms with Crippen LogP contribution in [-0.2, 0) is 6.54 Å². The van der Waals surface area contributed by atoms with Gasteiger partial charge in [-0.2, -0.15) is 4.98 Å². The lowest BCUT2D eigenvalue weighted by Gasteiger charge is -1.97. The number of hydrogen-bond acceptors (Lipinski definition) is 4. The molecule has 0 saturated carbocycles. The highest BCUT2D eigenvalue weighted by Gasteiger charge is 2.09. The maximum absolute atomic E-state index is 5.09. The smallest absolute Gasteiger partial charge is 0.240 e. The summed E-state index contributed by atoms with van der Waals surface area (Å²) < 4.78 is 5.09. The molecular weight excluding hydrogens is 190 g/mol. The molecule has 1 N–H and O–H groups in total. The van der Waals surface area contributed by atoms with Crippen LogP contribution in [0.4, 0.5) is 0 Å². The fraction of sp³-hybridized carbons (Fsp3) is 0.273. The number of rotatable bonds is 3. The molecule has 0 saturated heterocycles. The molecule has 1 aromatic heterocycles. The van der Waals surface area contributed by atoms with Gasteiger partial charge in [0.15, 0.2) is 0 Å². The van der Waals surface area contributed by atoms with Gasteiger partial charge in [0.2, 0.25) is 11.7 Å². The summed E-state index contributed by atoms with van der Waals surface area (Å²) in [4.78, 5) is 4.29. The molecule has 0 fully saturated rings. The van der Waals surface area contributed by atoms with Crippen molar-refractivity contribution in [3.8, 4) is 11.4 Å². The highest BCUT2D eigenvalue weighted by atomic mass is 16.5. The van der Waals surface area contributed by atoms with Crippen LogP contribution in [0.2, 0.25) is 0 Å². The maximum atomic E-state index is 5.09. The van der Waals surface area contributed by atoms with Crippen molar-refractivity contribution in [1.82, 2.24) is 15.5 Å². The van der Waals surface area contributed by atoms with Crippen molar-refractivity contribution in [1.29, 1.82) is 0 Å². The molecular formula is C11H13N3O. The molecule has 0 aliphatic heterocycles. The largest absolute Gasteiger partial charge is 0.338 e. The predicted molar refractivity (Wildman–Crippen MR) is 57.2 cm³/mol. The molecule has 2 aromatic rings. The Labute approximate surface area is 88.3 Å². The Morgan fingerprint density at radius 2 is 2.13 bits per heavy atom. The van der Waals surface area contributed by atoms with Crippen molar-refractivity contribution >= 4 is 0 Å². The van der Waals surface area contributed by atoms with E-state index < -0.39 is 0 Å². The molecule has 0 spiro atoms. The molecule has 15 heavy (non-hydrogen) atoms. The lowest BCUT2D eigenvalue weighted by molar-refractivity contribution is 0.372. The number of aryl methyl sites for hydroxylation is 1. The van der Waals surface area contributed by atoms with Crippen LogP contribution in [0, 0.1) is 6.92 Å². The fourth-order valence-electron chi connectivity index (χ4n) is 1.41. The zero-order chi connectivity index (χ0) is 10.7. The molecule has 4 nitrogen and oxygen atoms in total. The van der Waals surface area contributed by atoms with Crippen LogP contribution < -0.4 is 5.32 Å². The summed E-state index contributed by atoms with van der Waals surface area (Å²) in [5, 5.41) is 6.91. The molecule has 0 radical (unpaired) electrons. The number of aromatic nitrogens is 2. The van der Waals surface area contributed by atoms with Crippen molar-refractivity contribution in [3.63, 3.8) is 0 Å². The van der Waals surface area contributed by atoms with Gasteiger partial charge in [0.1, 0.15) is 0 Å². The van der Waals surface area contributed by atoms with Crippen molar-refractivity contribution in [2.75, 3.05) is 7.05 Å². The monoisotopic (exact) mass is 203 g/mol. The first-order valence-corrected chi connectivity index (χ1v) is 4.84. The molecule has 78 valence electrons. The Morgan fingerprint density at radius 1 is 1.33 bits per heavy atom. The minimum absolute atomic E-state index is 0.596. The lowest BCUT2D eigenvalue weighted by Crippen LogP contribution is -2.04. The highest BCUT2D eigenvalue weighted by Crippen LogP contribution is 2.19. The highest BCUT2D eigenvalue weighted by molar-refractivity contribution is 5.58. The van der Waals surface area contributed by atoms with Crippen LogP contribution in [0.25, 0.3) is 11.4 Å². The van der Waals surface area contributed by atoms with Crippen LogP contribution in [-0.4, -0.2) is 17.2 Å². The SMILES string of the molecule is CNCc1nc(-c2ccccc2C)no1. The van der Waals surface area contributed by atoms with E-state index in [1.165, 1.54) is 0 Å². The first-order valence-electron chi connectivity index (χ1n) is 4.84. The van der Waals surface area contributed by atoms with Crippen molar-refractivity contribution in [2.24, 2.45) is 0 Å². The molecule has 0 bridgehead atoms. The predicted octanol–water partition coefficient (Wildman–Crippen LogP) is 1.76. The Balaban J connectivity index is 2.33. The van der Waals surface area contributed by atoms with Crippen LogP contribution >= 0.6 is 0 Å². The average Bonchev–Trinajstić information content (AvgIpc) is 2.68. The van der Waals surface area contributed by atoms with Crippen LogP contribution in [0.5, 0.6) is 0 Å². The number of benzene rings is 1. The van der Waals surface area contributed by atoms with E-state index in [9.17, 15) is 0 Å². The molecule has 2 rings (SSSR count). The first kappa shape index (κ1) is 9.86. The van der Waals surface area contributed by atoms with Gasteiger partial charge >= 0.3 is 0 Å². The zero-order valence-corrected chi connectivity index (χ0v) is 8.82. The fourth-order valence-corrected chi connectivity index (χ4v) is 1.41. The summed E-state index contributed by atoms with van der Waals surface area (Å²) in [5.41, 5.74) is 2.16. The second-order valence-electron chi connectivity index (χ2n) is 3.36. The van der Waals surface area contributed by atoms with E-state index in [2.05, 4.69) is 15.5 Å². The van der Waals surface area contributed by atoms with Crippen molar-refractivity contribution in [2.45, 2.75) is 13.5 Å². The Hall–Kier alpha value is -1.68. The molecule has 0 amide bonds. The number of nitrogens with one attached hydrogen (secondary N) is 1. The minimum Gasteiger partial charge on any atom is -0.338 e. The van der Waals surface area contributed by atoms with Gasteiger partial charge in [0, 0.05) is 5.56 Å². The van der Waals surface area contributed by atoms with E-state index >= 15 is 0 Å². The molecule has 0 aliphatic rings. The van der Waals surface area contributed by atoms with E-state index in [0.29, 0.717) is 18.3 Å². The molecule has 1 aromatic carbocycles. The second-order valence-corrected chi connectivity index (χ2v) is 3.36. The zero-order valence-electron chi connectivity index (χ0n) is 8.82. The summed E-state index contributed by atoms with van der Waals surface area (Å²) >= 11 is 0. The third-order valence-electron chi connectivity index (χ3n) is 2.18. The second kappa shape index (κ2) is 4.23. The summed E-state index contributed by atoms with van der Waals surface area (Å²) in [6, 6.07) is 7.98. The summed E-state index contributed by atoms with van der Waals surface area (Å²) in [6.45, 7) is 2.63. The van der Waals surface area contributed by atoms with Crippen LogP contribution in [0.1, 0.15) is 11.5 Å². The van der Waals surface area contributed by atoms with Gasteiger partial charge < -0.3 is 9.84 Å². The standard InChI is InChI=1S/C11H13N3O/c1-8-5-3-4-6-9(8)11-13-10(7-12-2)15-14-11/h3-6,12H,7H2,1-2H3. The van der Waals surface area contributed by atoms with Crippen LogP contribution in [0.3, 0.4) is 0 Å². The third kappa shape index (κ3) is 2.05. The van der Waals surface area contributed by atoms with E-state index in [-0.39, 0.29) is 0 Å². The number of hydrogen-bond donors (Lipinski definition) is 1. The molecule has 4 heteroatoms. The third-order valence-corrected chi connectivity index (χ3v) is 2.18. The normalized spacial score (nSPS) is 10.5. The van der Waals surface area contributed by atoms with Gasteiger partial charge in [-0.25, -0.2) is 0 Å². The molecule has 0 aliphatic carbocycles. The first-order chi connectivity index (χ1) is 7.31. The molecule has 0 atom stereocenters. The lowest BCUT2D eigenvalue weighted by atomic mass is 10.1. The number of nitrogens with zero attached hydrogens (tertiary/aromatic N) is 2. The van der Waals surface area contributed by atoms with E-state index in [1.807, 2.05) is 38.2 Å². The van der Waals surface area contributed by atoms with Crippen molar-refractivity contribution < 1.29 is 4.52 Å². The van der Waals surface area contributed by atoms with E-state index in [0.717, 1.165) is 11.1 Å². The van der Waals surface area contributed by atoms with Crippen molar-refractivity contribution in [3.05, 3.63) is 35.7 Å². The van der Waals surface area contributed by atoms with Gasteiger partial charge in [-0.1, -0.05) is 29.4 Å². The Morgan fingerprint density at radius 3 is 2.87 bits per heavy atom. The quantitative estimate of drug-likeness (QED) is 0.825. The van der Waals surface area contributed by atoms with Crippen LogP contribution in [0.15, 0.2) is 28.8 Å². The summed E-state index contributed by atoms with van der Waals surface area (Å²) in [5.74, 6) is 1.26. The topological polar surface area (TPSA) is 51.0 Å². The van der Waals surface area contributed by atoms with Gasteiger partial charge in [-0.05, 0) is 19.5 Å². The van der Waals surface area contributed by atoms with Gasteiger partial charge in [-0.15, -0.1) is 0 Å². The average molecular weight is 203 g/mol. The maximum Gasteiger partial charge on any atom is 0.240 e. The molecule has 0 unspecified atom stereocenters. The Bertz CT molecular complexity index is 451. The van der Waals surface area contributed by atoms with Gasteiger partial charge in [-0.3, -0.25) is 0 Å². The Kier molecular flexibility index (Phi) is 2.78. The summed E-state index contributed by atoms with van der Waals surface area (Å²) in [7, 11) is 1.84. The summed E-state index contributed by atoms with van der Waals surface area (Å²) in [6.07, 6.45) is 0. The van der Waals surface area contributed by atoms with E-state index in [4.69, 9.17) is 4.52 Å². The van der Waals surface area contributed by atoms with Gasteiger partial charge in [0.25, 0.3) is 0 Å².